The molecule has 0 bridgehead atoms. The van der Waals surface area contributed by atoms with Gasteiger partial charge in [-0.25, -0.2) is 4.98 Å². The van der Waals surface area contributed by atoms with E-state index >= 15 is 0 Å². The maximum Gasteiger partial charge on any atom is 0.147 e. The van der Waals surface area contributed by atoms with Gasteiger partial charge in [0.25, 0.3) is 0 Å². The number of halogens is 3. The lowest BCUT2D eigenvalue weighted by Crippen LogP contribution is -2.09. The van der Waals surface area contributed by atoms with E-state index in [-0.39, 0.29) is 0 Å². The molecule has 21 heavy (non-hydrogen) atoms. The van der Waals surface area contributed by atoms with Gasteiger partial charge in [0.2, 0.25) is 0 Å². The Morgan fingerprint density at radius 3 is 2.29 bits per heavy atom. The standard InChI is InChI=1S/C14H16Cl3N3S/c1-2-6-18-13-10(15)8-11(16)14(20-13)19-7-5-9-3-4-12(17)21-9/h3-4,8H,2,5-7H2,1H3,(H2,18,19,20). The first kappa shape index (κ1) is 16.7. The lowest BCUT2D eigenvalue weighted by molar-refractivity contribution is 0.966. The summed E-state index contributed by atoms with van der Waals surface area (Å²) in [5.74, 6) is 1.30. The first-order valence-electron chi connectivity index (χ1n) is 6.68. The minimum absolute atomic E-state index is 0.520. The van der Waals surface area contributed by atoms with Crippen molar-refractivity contribution in [2.75, 3.05) is 23.7 Å². The predicted octanol–water partition coefficient (Wildman–Crippen LogP) is 5.58. The van der Waals surface area contributed by atoms with E-state index < -0.39 is 0 Å². The quantitative estimate of drug-likeness (QED) is 0.673. The molecule has 7 heteroatoms. The van der Waals surface area contributed by atoms with Crippen LogP contribution in [0.1, 0.15) is 18.2 Å². The van der Waals surface area contributed by atoms with Crippen molar-refractivity contribution in [3.8, 4) is 0 Å². The van der Waals surface area contributed by atoms with Crippen LogP contribution in [0.3, 0.4) is 0 Å². The second-order valence-electron chi connectivity index (χ2n) is 4.46. The topological polar surface area (TPSA) is 37.0 Å². The summed E-state index contributed by atoms with van der Waals surface area (Å²) in [6.07, 6.45) is 1.87. The highest BCUT2D eigenvalue weighted by molar-refractivity contribution is 7.16. The van der Waals surface area contributed by atoms with Crippen molar-refractivity contribution < 1.29 is 0 Å². The summed E-state index contributed by atoms with van der Waals surface area (Å²) in [4.78, 5) is 5.66. The van der Waals surface area contributed by atoms with Gasteiger partial charge in [-0.1, -0.05) is 41.7 Å². The Labute approximate surface area is 143 Å². The minimum atomic E-state index is 0.520. The number of rotatable bonds is 7. The first-order valence-corrected chi connectivity index (χ1v) is 8.63. The SMILES string of the molecule is CCCNc1nc(NCCc2ccc(Cl)s2)c(Cl)cc1Cl. The molecule has 2 aromatic heterocycles. The Morgan fingerprint density at radius 1 is 1.05 bits per heavy atom. The molecule has 0 spiro atoms. The number of hydrogen-bond acceptors (Lipinski definition) is 4. The molecule has 0 saturated carbocycles. The largest absolute Gasteiger partial charge is 0.369 e. The highest BCUT2D eigenvalue weighted by Gasteiger charge is 2.09. The third-order valence-electron chi connectivity index (χ3n) is 2.76. The van der Waals surface area contributed by atoms with Crippen LogP contribution in [-0.2, 0) is 6.42 Å². The lowest BCUT2D eigenvalue weighted by Gasteiger charge is -2.11. The number of aromatic nitrogens is 1. The van der Waals surface area contributed by atoms with Gasteiger partial charge in [0.1, 0.15) is 11.6 Å². The van der Waals surface area contributed by atoms with Gasteiger partial charge in [0, 0.05) is 18.0 Å². The Balaban J connectivity index is 1.98. The Morgan fingerprint density at radius 2 is 1.71 bits per heavy atom. The maximum atomic E-state index is 6.17. The average molecular weight is 365 g/mol. The van der Waals surface area contributed by atoms with Crippen LogP contribution < -0.4 is 10.6 Å². The monoisotopic (exact) mass is 363 g/mol. The number of thiophene rings is 1. The van der Waals surface area contributed by atoms with Gasteiger partial charge in [-0.3, -0.25) is 0 Å². The molecule has 0 fully saturated rings. The van der Waals surface area contributed by atoms with Gasteiger partial charge in [-0.2, -0.15) is 0 Å². The molecule has 0 amide bonds. The molecule has 0 unspecified atom stereocenters. The Kier molecular flexibility index (Phi) is 6.42. The zero-order valence-electron chi connectivity index (χ0n) is 11.5. The second kappa shape index (κ2) is 8.08. The maximum absolute atomic E-state index is 6.17. The van der Waals surface area contributed by atoms with Gasteiger partial charge in [-0.15, -0.1) is 11.3 Å². The highest BCUT2D eigenvalue weighted by atomic mass is 35.5. The van der Waals surface area contributed by atoms with E-state index in [1.165, 1.54) is 4.88 Å². The lowest BCUT2D eigenvalue weighted by atomic mass is 10.3. The molecule has 0 aromatic carbocycles. The van der Waals surface area contributed by atoms with Gasteiger partial charge >= 0.3 is 0 Å². The van der Waals surface area contributed by atoms with Crippen LogP contribution in [-0.4, -0.2) is 18.1 Å². The van der Waals surface area contributed by atoms with Crippen molar-refractivity contribution >= 4 is 57.8 Å². The molecule has 0 aliphatic carbocycles. The summed E-state index contributed by atoms with van der Waals surface area (Å²) < 4.78 is 0.804. The molecule has 2 N–H and O–H groups in total. The fourth-order valence-corrected chi connectivity index (χ4v) is 3.33. The van der Waals surface area contributed by atoms with Crippen LogP contribution in [0.5, 0.6) is 0 Å². The van der Waals surface area contributed by atoms with Crippen LogP contribution in [0, 0.1) is 0 Å². The first-order chi connectivity index (χ1) is 10.1. The highest BCUT2D eigenvalue weighted by Crippen LogP contribution is 2.29. The molecule has 114 valence electrons. The van der Waals surface area contributed by atoms with E-state index in [1.54, 1.807) is 17.4 Å². The molecule has 2 heterocycles. The third-order valence-corrected chi connectivity index (χ3v) is 4.63. The van der Waals surface area contributed by atoms with Crippen LogP contribution in [0.15, 0.2) is 18.2 Å². The van der Waals surface area contributed by atoms with Gasteiger partial charge in [0.05, 0.1) is 14.4 Å². The molecule has 0 atom stereocenters. The van der Waals surface area contributed by atoms with E-state index in [9.17, 15) is 0 Å². The molecule has 2 aromatic rings. The number of nitrogens with one attached hydrogen (secondary N) is 2. The normalized spacial score (nSPS) is 10.7. The Hall–Kier alpha value is -0.680. The van der Waals surface area contributed by atoms with Gasteiger partial charge in [-0.05, 0) is 31.0 Å². The van der Waals surface area contributed by atoms with Crippen LogP contribution in [0.4, 0.5) is 11.6 Å². The molecular formula is C14H16Cl3N3S. The molecule has 3 nitrogen and oxygen atoms in total. The van der Waals surface area contributed by atoms with Crippen LogP contribution in [0.2, 0.25) is 14.4 Å². The Bertz CT molecular complexity index is 601. The van der Waals surface area contributed by atoms with E-state index in [2.05, 4.69) is 22.5 Å². The van der Waals surface area contributed by atoms with E-state index in [4.69, 9.17) is 34.8 Å². The smallest absolute Gasteiger partial charge is 0.147 e. The van der Waals surface area contributed by atoms with Gasteiger partial charge < -0.3 is 10.6 Å². The van der Waals surface area contributed by atoms with Crippen molar-refractivity contribution in [1.82, 2.24) is 4.98 Å². The predicted molar refractivity (Wildman–Crippen MR) is 94.6 cm³/mol. The van der Waals surface area contributed by atoms with E-state index in [1.807, 2.05) is 12.1 Å². The third kappa shape index (κ3) is 4.92. The van der Waals surface area contributed by atoms with Crippen LogP contribution >= 0.6 is 46.1 Å². The van der Waals surface area contributed by atoms with E-state index in [0.717, 1.165) is 30.3 Å². The summed E-state index contributed by atoms with van der Waals surface area (Å²) in [7, 11) is 0. The molecule has 0 aliphatic heterocycles. The van der Waals surface area contributed by atoms with Crippen molar-refractivity contribution in [3.63, 3.8) is 0 Å². The molecule has 0 radical (unpaired) electrons. The second-order valence-corrected chi connectivity index (χ2v) is 7.07. The van der Waals surface area contributed by atoms with Crippen molar-refractivity contribution in [2.24, 2.45) is 0 Å². The minimum Gasteiger partial charge on any atom is -0.369 e. The molecule has 0 aliphatic rings. The van der Waals surface area contributed by atoms with Crippen molar-refractivity contribution in [1.29, 1.82) is 0 Å². The summed E-state index contributed by atoms with van der Waals surface area (Å²) in [5.41, 5.74) is 0. The fraction of sp³-hybridized carbons (Fsp3) is 0.357. The van der Waals surface area contributed by atoms with E-state index in [0.29, 0.717) is 21.7 Å². The molecule has 2 rings (SSSR count). The summed E-state index contributed by atoms with van der Waals surface area (Å²) in [5, 5.41) is 7.47. The molecule has 0 saturated heterocycles. The zero-order chi connectivity index (χ0) is 15.2. The molecular weight excluding hydrogens is 349 g/mol. The summed E-state index contributed by atoms with van der Waals surface area (Å²) in [6, 6.07) is 5.64. The average Bonchev–Trinajstić information content (AvgIpc) is 2.85. The van der Waals surface area contributed by atoms with Crippen LogP contribution in [0.25, 0.3) is 0 Å². The van der Waals surface area contributed by atoms with Crippen molar-refractivity contribution in [3.05, 3.63) is 37.5 Å². The number of pyridine rings is 1. The van der Waals surface area contributed by atoms with Gasteiger partial charge in [0.15, 0.2) is 0 Å². The number of nitrogens with zero attached hydrogens (tertiary/aromatic N) is 1. The zero-order valence-corrected chi connectivity index (χ0v) is 14.6. The summed E-state index contributed by atoms with van der Waals surface area (Å²) >= 11 is 19.8. The summed E-state index contributed by atoms with van der Waals surface area (Å²) in [6.45, 7) is 3.64. The van der Waals surface area contributed by atoms with Crippen molar-refractivity contribution in [2.45, 2.75) is 19.8 Å². The number of hydrogen-bond donors (Lipinski definition) is 2. The number of anilines is 2. The fourth-order valence-electron chi connectivity index (χ4n) is 1.75.